The zero-order chi connectivity index (χ0) is 14.4. The molecule has 1 saturated heterocycles. The van der Waals surface area contributed by atoms with Crippen molar-refractivity contribution in [2.45, 2.75) is 46.1 Å². The molecule has 20 heavy (non-hydrogen) atoms. The zero-order valence-corrected chi connectivity index (χ0v) is 12.9. The van der Waals surface area contributed by atoms with Crippen molar-refractivity contribution >= 4 is 11.8 Å². The summed E-state index contributed by atoms with van der Waals surface area (Å²) in [5, 5.41) is 3.26. The number of aromatic nitrogens is 2. The van der Waals surface area contributed by atoms with E-state index in [1.165, 1.54) is 0 Å². The number of rotatable bonds is 6. The van der Waals surface area contributed by atoms with Crippen molar-refractivity contribution in [3.8, 4) is 0 Å². The normalized spacial score (nSPS) is 19.1. The minimum absolute atomic E-state index is 0.329. The molecule has 5 nitrogen and oxygen atoms in total. The van der Waals surface area contributed by atoms with Crippen molar-refractivity contribution in [2.24, 2.45) is 0 Å². The number of nitrogens with one attached hydrogen (secondary N) is 1. The van der Waals surface area contributed by atoms with Gasteiger partial charge in [0.1, 0.15) is 5.82 Å². The molecule has 1 unspecified atom stereocenters. The molecule has 112 valence electrons. The SMILES string of the molecule is CCCNc1ncc(C)c(N2CCCC(OCC)C2)n1. The van der Waals surface area contributed by atoms with Gasteiger partial charge in [0.25, 0.3) is 0 Å². The summed E-state index contributed by atoms with van der Waals surface area (Å²) < 4.78 is 5.77. The Morgan fingerprint density at radius 1 is 1.45 bits per heavy atom. The van der Waals surface area contributed by atoms with Gasteiger partial charge in [-0.25, -0.2) is 4.98 Å². The summed E-state index contributed by atoms with van der Waals surface area (Å²) in [6.45, 7) is 9.94. The number of hydrogen-bond acceptors (Lipinski definition) is 5. The van der Waals surface area contributed by atoms with Gasteiger partial charge in [0.05, 0.1) is 6.10 Å². The first-order valence-corrected chi connectivity index (χ1v) is 7.68. The monoisotopic (exact) mass is 278 g/mol. The molecule has 0 bridgehead atoms. The predicted molar refractivity (Wildman–Crippen MR) is 82.4 cm³/mol. The first kappa shape index (κ1) is 15.0. The van der Waals surface area contributed by atoms with Crippen LogP contribution in [0, 0.1) is 6.92 Å². The lowest BCUT2D eigenvalue weighted by atomic mass is 10.1. The predicted octanol–water partition coefficient (Wildman–Crippen LogP) is 2.61. The Hall–Kier alpha value is -1.36. The molecule has 1 N–H and O–H groups in total. The quantitative estimate of drug-likeness (QED) is 0.867. The van der Waals surface area contributed by atoms with E-state index in [9.17, 15) is 0 Å². The third-order valence-electron chi connectivity index (χ3n) is 3.56. The van der Waals surface area contributed by atoms with E-state index >= 15 is 0 Å². The van der Waals surface area contributed by atoms with Crippen LogP contribution in [0.2, 0.25) is 0 Å². The standard InChI is InChI=1S/C15H26N4O/c1-4-8-16-15-17-10-12(3)14(18-15)19-9-6-7-13(11-19)20-5-2/h10,13H,4-9,11H2,1-3H3,(H,16,17,18). The van der Waals surface area contributed by atoms with Crippen molar-refractivity contribution in [3.05, 3.63) is 11.8 Å². The number of piperidine rings is 1. The van der Waals surface area contributed by atoms with E-state index in [-0.39, 0.29) is 0 Å². The van der Waals surface area contributed by atoms with E-state index in [0.717, 1.165) is 62.8 Å². The summed E-state index contributed by atoms with van der Waals surface area (Å²) in [7, 11) is 0. The van der Waals surface area contributed by atoms with Crippen LogP contribution >= 0.6 is 0 Å². The highest BCUT2D eigenvalue weighted by atomic mass is 16.5. The Labute approximate surface area is 121 Å². The second kappa shape index (κ2) is 7.43. The van der Waals surface area contributed by atoms with Crippen LogP contribution in [0.1, 0.15) is 38.7 Å². The molecule has 1 aromatic rings. The second-order valence-corrected chi connectivity index (χ2v) is 5.29. The van der Waals surface area contributed by atoms with Gasteiger partial charge in [-0.1, -0.05) is 6.92 Å². The lowest BCUT2D eigenvalue weighted by Gasteiger charge is -2.34. The Bertz CT molecular complexity index is 422. The van der Waals surface area contributed by atoms with Crippen molar-refractivity contribution in [1.29, 1.82) is 0 Å². The van der Waals surface area contributed by atoms with Crippen LogP contribution in [-0.4, -0.2) is 42.3 Å². The minimum Gasteiger partial charge on any atom is -0.377 e. The largest absolute Gasteiger partial charge is 0.377 e. The van der Waals surface area contributed by atoms with Gasteiger partial charge in [-0.3, -0.25) is 0 Å². The molecule has 1 aliphatic heterocycles. The van der Waals surface area contributed by atoms with Gasteiger partial charge < -0.3 is 15.0 Å². The first-order valence-electron chi connectivity index (χ1n) is 7.68. The van der Waals surface area contributed by atoms with Crippen molar-refractivity contribution in [3.63, 3.8) is 0 Å². The number of anilines is 2. The number of nitrogens with zero attached hydrogens (tertiary/aromatic N) is 3. The second-order valence-electron chi connectivity index (χ2n) is 5.29. The molecule has 2 heterocycles. The van der Waals surface area contributed by atoms with Crippen LogP contribution in [0.25, 0.3) is 0 Å². The van der Waals surface area contributed by atoms with Crippen LogP contribution in [0.5, 0.6) is 0 Å². The fourth-order valence-corrected chi connectivity index (χ4v) is 2.58. The van der Waals surface area contributed by atoms with Crippen LogP contribution in [-0.2, 0) is 4.74 Å². The van der Waals surface area contributed by atoms with Crippen LogP contribution < -0.4 is 10.2 Å². The van der Waals surface area contributed by atoms with Crippen LogP contribution in [0.15, 0.2) is 6.20 Å². The highest BCUT2D eigenvalue weighted by Crippen LogP contribution is 2.23. The van der Waals surface area contributed by atoms with E-state index in [1.54, 1.807) is 0 Å². The van der Waals surface area contributed by atoms with E-state index in [2.05, 4.69) is 41.0 Å². The molecule has 1 fully saturated rings. The molecule has 2 rings (SSSR count). The molecule has 1 aliphatic rings. The minimum atomic E-state index is 0.329. The molecule has 5 heteroatoms. The van der Waals surface area contributed by atoms with Crippen LogP contribution in [0.3, 0.4) is 0 Å². The summed E-state index contributed by atoms with van der Waals surface area (Å²) >= 11 is 0. The Kier molecular flexibility index (Phi) is 5.59. The van der Waals surface area contributed by atoms with E-state index < -0.39 is 0 Å². The Morgan fingerprint density at radius 3 is 3.05 bits per heavy atom. The molecule has 0 aromatic carbocycles. The highest BCUT2D eigenvalue weighted by Gasteiger charge is 2.22. The summed E-state index contributed by atoms with van der Waals surface area (Å²) in [5.74, 6) is 1.77. The lowest BCUT2D eigenvalue weighted by molar-refractivity contribution is 0.0525. The molecule has 0 aliphatic carbocycles. The molecule has 0 amide bonds. The van der Waals surface area contributed by atoms with Crippen molar-refractivity contribution in [1.82, 2.24) is 9.97 Å². The Balaban J connectivity index is 2.09. The molecule has 0 saturated carbocycles. The van der Waals surface area contributed by atoms with Gasteiger partial charge in [-0.05, 0) is 33.1 Å². The summed E-state index contributed by atoms with van der Waals surface area (Å²) in [4.78, 5) is 11.4. The number of hydrogen-bond donors (Lipinski definition) is 1. The van der Waals surface area contributed by atoms with E-state index in [0.29, 0.717) is 6.10 Å². The van der Waals surface area contributed by atoms with Crippen molar-refractivity contribution < 1.29 is 4.74 Å². The van der Waals surface area contributed by atoms with Gasteiger partial charge in [0.15, 0.2) is 0 Å². The third kappa shape index (κ3) is 3.82. The summed E-state index contributed by atoms with van der Waals surface area (Å²) in [5.41, 5.74) is 1.13. The molecule has 0 spiro atoms. The zero-order valence-electron chi connectivity index (χ0n) is 12.9. The van der Waals surface area contributed by atoms with Gasteiger partial charge in [0.2, 0.25) is 5.95 Å². The fraction of sp³-hybridized carbons (Fsp3) is 0.733. The van der Waals surface area contributed by atoms with Gasteiger partial charge in [-0.2, -0.15) is 4.98 Å². The van der Waals surface area contributed by atoms with Gasteiger partial charge >= 0.3 is 0 Å². The number of ether oxygens (including phenoxy) is 1. The first-order chi connectivity index (χ1) is 9.74. The smallest absolute Gasteiger partial charge is 0.224 e. The maximum Gasteiger partial charge on any atom is 0.224 e. The number of aryl methyl sites for hydroxylation is 1. The topological polar surface area (TPSA) is 50.3 Å². The Morgan fingerprint density at radius 2 is 2.30 bits per heavy atom. The summed E-state index contributed by atoms with van der Waals surface area (Å²) in [6, 6.07) is 0. The molecule has 1 atom stereocenters. The molecular weight excluding hydrogens is 252 g/mol. The van der Waals surface area contributed by atoms with Gasteiger partial charge in [-0.15, -0.1) is 0 Å². The van der Waals surface area contributed by atoms with Crippen molar-refractivity contribution in [2.75, 3.05) is 36.5 Å². The van der Waals surface area contributed by atoms with Crippen LogP contribution in [0.4, 0.5) is 11.8 Å². The highest BCUT2D eigenvalue weighted by molar-refractivity contribution is 5.49. The average molecular weight is 278 g/mol. The maximum atomic E-state index is 5.77. The van der Waals surface area contributed by atoms with E-state index in [4.69, 9.17) is 4.74 Å². The molecular formula is C15H26N4O. The molecule has 0 radical (unpaired) electrons. The molecule has 1 aromatic heterocycles. The summed E-state index contributed by atoms with van der Waals surface area (Å²) in [6.07, 6.45) is 5.62. The average Bonchev–Trinajstić information content (AvgIpc) is 2.47. The fourth-order valence-electron chi connectivity index (χ4n) is 2.58. The third-order valence-corrected chi connectivity index (χ3v) is 3.56. The van der Waals surface area contributed by atoms with E-state index in [1.807, 2.05) is 6.20 Å². The van der Waals surface area contributed by atoms with Gasteiger partial charge in [0, 0.05) is 38.0 Å². The lowest BCUT2D eigenvalue weighted by Crippen LogP contribution is -2.40. The maximum absolute atomic E-state index is 5.77.